The van der Waals surface area contributed by atoms with Crippen LogP contribution >= 0.6 is 0 Å². The molecular formula is C19H18F3NO6S. The monoisotopic (exact) mass is 445 g/mol. The summed E-state index contributed by atoms with van der Waals surface area (Å²) in [5.41, 5.74) is 0. The highest BCUT2D eigenvalue weighted by Gasteiger charge is 2.33. The average molecular weight is 445 g/mol. The summed E-state index contributed by atoms with van der Waals surface area (Å²) in [6.45, 7) is 0.634. The molecule has 2 aliphatic heterocycles. The summed E-state index contributed by atoms with van der Waals surface area (Å²) in [5.74, 6) is 1.39. The number of sulfonamides is 1. The van der Waals surface area contributed by atoms with Crippen LogP contribution in [0.15, 0.2) is 47.4 Å². The second-order valence-electron chi connectivity index (χ2n) is 6.76. The minimum absolute atomic E-state index is 0.0906. The maximum Gasteiger partial charge on any atom is 0.573 e. The van der Waals surface area contributed by atoms with Crippen molar-refractivity contribution >= 4 is 10.0 Å². The zero-order valence-electron chi connectivity index (χ0n) is 15.6. The van der Waals surface area contributed by atoms with Crippen molar-refractivity contribution in [2.45, 2.75) is 30.2 Å². The van der Waals surface area contributed by atoms with Crippen molar-refractivity contribution < 1.29 is 40.5 Å². The third-order valence-electron chi connectivity index (χ3n) is 4.74. The lowest BCUT2D eigenvalue weighted by Crippen LogP contribution is -2.41. The Balaban J connectivity index is 1.36. The number of benzene rings is 2. The van der Waals surface area contributed by atoms with Gasteiger partial charge in [0.1, 0.15) is 17.6 Å². The van der Waals surface area contributed by atoms with Crippen LogP contribution in [0.1, 0.15) is 12.8 Å². The first-order valence-corrected chi connectivity index (χ1v) is 10.6. The van der Waals surface area contributed by atoms with Crippen molar-refractivity contribution in [2.75, 3.05) is 19.9 Å². The molecule has 2 aliphatic rings. The standard InChI is InChI=1S/C19H18F3NO6S/c20-19(21,22)29-14-1-4-16(5-2-14)30(24,25)23-9-7-13(8-10-23)28-15-3-6-17-18(11-15)27-12-26-17/h1-6,11,13H,7-10,12H2. The van der Waals surface area contributed by atoms with Gasteiger partial charge in [0, 0.05) is 19.2 Å². The first-order chi connectivity index (χ1) is 14.2. The Bertz CT molecular complexity index is 1000. The molecular weight excluding hydrogens is 427 g/mol. The van der Waals surface area contributed by atoms with Gasteiger partial charge in [0.25, 0.3) is 0 Å². The van der Waals surface area contributed by atoms with E-state index in [1.54, 1.807) is 18.2 Å². The number of rotatable bonds is 5. The summed E-state index contributed by atoms with van der Waals surface area (Å²) >= 11 is 0. The summed E-state index contributed by atoms with van der Waals surface area (Å²) in [6, 6.07) is 9.42. The Morgan fingerprint density at radius 1 is 0.933 bits per heavy atom. The fourth-order valence-corrected chi connectivity index (χ4v) is 4.76. The molecule has 0 aromatic heterocycles. The molecule has 2 heterocycles. The Morgan fingerprint density at radius 3 is 2.23 bits per heavy atom. The number of hydrogen-bond donors (Lipinski definition) is 0. The second-order valence-corrected chi connectivity index (χ2v) is 8.69. The van der Waals surface area contributed by atoms with Crippen LogP contribution in [0, 0.1) is 0 Å². The number of piperidine rings is 1. The lowest BCUT2D eigenvalue weighted by Gasteiger charge is -2.31. The predicted octanol–water partition coefficient (Wildman–Crippen LogP) is 3.55. The number of nitrogens with zero attached hydrogens (tertiary/aromatic N) is 1. The van der Waals surface area contributed by atoms with Gasteiger partial charge >= 0.3 is 6.36 Å². The molecule has 0 saturated carbocycles. The van der Waals surface area contributed by atoms with E-state index in [4.69, 9.17) is 14.2 Å². The van der Waals surface area contributed by atoms with Crippen molar-refractivity contribution in [3.8, 4) is 23.0 Å². The molecule has 7 nitrogen and oxygen atoms in total. The van der Waals surface area contributed by atoms with E-state index in [2.05, 4.69) is 4.74 Å². The molecule has 0 atom stereocenters. The molecule has 0 aliphatic carbocycles. The summed E-state index contributed by atoms with van der Waals surface area (Å²) in [6.07, 6.45) is -4.05. The average Bonchev–Trinajstić information content (AvgIpc) is 3.15. The fourth-order valence-electron chi connectivity index (χ4n) is 3.30. The number of hydrogen-bond acceptors (Lipinski definition) is 6. The smallest absolute Gasteiger partial charge is 0.490 e. The van der Waals surface area contributed by atoms with Gasteiger partial charge in [0.05, 0.1) is 4.90 Å². The summed E-state index contributed by atoms with van der Waals surface area (Å²) in [5, 5.41) is 0. The van der Waals surface area contributed by atoms with Crippen LogP contribution in [0.5, 0.6) is 23.0 Å². The van der Waals surface area contributed by atoms with E-state index >= 15 is 0 Å². The zero-order valence-corrected chi connectivity index (χ0v) is 16.4. The van der Waals surface area contributed by atoms with Crippen molar-refractivity contribution in [1.82, 2.24) is 4.31 Å². The highest BCUT2D eigenvalue weighted by molar-refractivity contribution is 7.89. The van der Waals surface area contributed by atoms with Crippen molar-refractivity contribution in [1.29, 1.82) is 0 Å². The van der Waals surface area contributed by atoms with Crippen LogP contribution in [0.3, 0.4) is 0 Å². The molecule has 30 heavy (non-hydrogen) atoms. The Hall–Kier alpha value is -2.66. The minimum Gasteiger partial charge on any atom is -0.490 e. The highest BCUT2D eigenvalue weighted by atomic mass is 32.2. The van der Waals surface area contributed by atoms with Crippen LogP contribution < -0.4 is 18.9 Å². The third-order valence-corrected chi connectivity index (χ3v) is 6.66. The highest BCUT2D eigenvalue weighted by Crippen LogP contribution is 2.36. The first-order valence-electron chi connectivity index (χ1n) is 9.13. The number of halogens is 3. The van der Waals surface area contributed by atoms with Crippen LogP contribution in [-0.2, 0) is 10.0 Å². The van der Waals surface area contributed by atoms with Crippen molar-refractivity contribution in [3.05, 3.63) is 42.5 Å². The fraction of sp³-hybridized carbons (Fsp3) is 0.368. The van der Waals surface area contributed by atoms with Crippen LogP contribution in [0.4, 0.5) is 13.2 Å². The Kier molecular flexibility index (Phi) is 5.41. The molecule has 0 radical (unpaired) electrons. The molecule has 0 unspecified atom stereocenters. The zero-order chi connectivity index (χ0) is 21.4. The van der Waals surface area contributed by atoms with Crippen LogP contribution in [-0.4, -0.2) is 45.1 Å². The van der Waals surface area contributed by atoms with Gasteiger partial charge in [0.2, 0.25) is 16.8 Å². The van der Waals surface area contributed by atoms with Gasteiger partial charge in [-0.2, -0.15) is 4.31 Å². The lowest BCUT2D eigenvalue weighted by molar-refractivity contribution is -0.274. The number of ether oxygens (including phenoxy) is 4. The molecule has 11 heteroatoms. The molecule has 2 aromatic rings. The molecule has 1 saturated heterocycles. The number of fused-ring (bicyclic) bond motifs is 1. The van der Waals surface area contributed by atoms with Crippen molar-refractivity contribution in [2.24, 2.45) is 0 Å². The topological polar surface area (TPSA) is 74.3 Å². The van der Waals surface area contributed by atoms with E-state index in [1.165, 1.54) is 4.31 Å². The van der Waals surface area contributed by atoms with Gasteiger partial charge in [0.15, 0.2) is 11.5 Å². The molecule has 0 N–H and O–H groups in total. The molecule has 1 fully saturated rings. The predicted molar refractivity (Wildman–Crippen MR) is 98.1 cm³/mol. The van der Waals surface area contributed by atoms with E-state index in [-0.39, 0.29) is 30.9 Å². The van der Waals surface area contributed by atoms with Gasteiger partial charge in [-0.1, -0.05) is 0 Å². The summed E-state index contributed by atoms with van der Waals surface area (Å²) in [7, 11) is -3.82. The van der Waals surface area contributed by atoms with E-state index in [9.17, 15) is 21.6 Å². The molecule has 162 valence electrons. The summed E-state index contributed by atoms with van der Waals surface area (Å²) < 4.78 is 83.9. The van der Waals surface area contributed by atoms with Gasteiger partial charge in [-0.15, -0.1) is 13.2 Å². The maximum atomic E-state index is 12.8. The lowest BCUT2D eigenvalue weighted by atomic mass is 10.1. The van der Waals surface area contributed by atoms with Crippen molar-refractivity contribution in [3.63, 3.8) is 0 Å². The van der Waals surface area contributed by atoms with Gasteiger partial charge in [-0.05, 0) is 49.2 Å². The largest absolute Gasteiger partial charge is 0.573 e. The molecule has 0 bridgehead atoms. The van der Waals surface area contributed by atoms with Gasteiger partial charge in [-0.25, -0.2) is 8.42 Å². The minimum atomic E-state index is -4.83. The van der Waals surface area contributed by atoms with Gasteiger partial charge < -0.3 is 18.9 Å². The normalized spacial score (nSPS) is 17.7. The third kappa shape index (κ3) is 4.57. The molecule has 2 aromatic carbocycles. The molecule has 0 spiro atoms. The first kappa shape index (κ1) is 20.6. The van der Waals surface area contributed by atoms with Crippen LogP contribution in [0.25, 0.3) is 0 Å². The quantitative estimate of drug-likeness (QED) is 0.701. The van der Waals surface area contributed by atoms with E-state index in [0.29, 0.717) is 30.1 Å². The van der Waals surface area contributed by atoms with E-state index in [1.807, 2.05) is 0 Å². The van der Waals surface area contributed by atoms with Gasteiger partial charge in [-0.3, -0.25) is 0 Å². The van der Waals surface area contributed by atoms with Crippen LogP contribution in [0.2, 0.25) is 0 Å². The Morgan fingerprint density at radius 2 is 1.57 bits per heavy atom. The Labute approximate surface area is 171 Å². The van der Waals surface area contributed by atoms with E-state index in [0.717, 1.165) is 24.3 Å². The maximum absolute atomic E-state index is 12.8. The number of alkyl halides is 3. The van der Waals surface area contributed by atoms with E-state index < -0.39 is 22.1 Å². The SMILES string of the molecule is O=S(=O)(c1ccc(OC(F)(F)F)cc1)N1CCC(Oc2ccc3c(c2)OCO3)CC1. The molecule has 4 rings (SSSR count). The summed E-state index contributed by atoms with van der Waals surface area (Å²) in [4.78, 5) is -0.0906. The molecule has 0 amide bonds. The second kappa shape index (κ2) is 7.88.